The number of halogens is 1. The fraction of sp³-hybridized carbons (Fsp3) is 0.522. The van der Waals surface area contributed by atoms with Crippen molar-refractivity contribution in [2.24, 2.45) is 5.92 Å². The molecule has 164 valence electrons. The third-order valence-corrected chi connectivity index (χ3v) is 7.02. The number of amides is 1. The lowest BCUT2D eigenvalue weighted by atomic mass is 9.93. The Labute approximate surface area is 188 Å². The van der Waals surface area contributed by atoms with Gasteiger partial charge in [-0.25, -0.2) is 9.97 Å². The first-order valence-electron chi connectivity index (χ1n) is 11.1. The van der Waals surface area contributed by atoms with Gasteiger partial charge in [-0.15, -0.1) is 0 Å². The number of benzene rings is 1. The Morgan fingerprint density at radius 3 is 2.45 bits per heavy atom. The van der Waals surface area contributed by atoms with E-state index in [0.29, 0.717) is 6.54 Å². The van der Waals surface area contributed by atoms with Crippen LogP contribution in [0.15, 0.2) is 30.6 Å². The summed E-state index contributed by atoms with van der Waals surface area (Å²) in [6.07, 6.45) is 4.20. The van der Waals surface area contributed by atoms with Crippen LogP contribution < -0.4 is 9.80 Å². The van der Waals surface area contributed by atoms with Crippen molar-refractivity contribution in [3.8, 4) is 0 Å². The highest BCUT2D eigenvalue weighted by molar-refractivity contribution is 6.31. The zero-order chi connectivity index (χ0) is 21.2. The molecular weight excluding hydrogens is 414 g/mol. The summed E-state index contributed by atoms with van der Waals surface area (Å²) in [6.45, 7) is 6.29. The Bertz CT molecular complexity index is 941. The van der Waals surface area contributed by atoms with Gasteiger partial charge < -0.3 is 19.4 Å². The largest absolute Gasteiger partial charge is 0.378 e. The maximum atomic E-state index is 13.2. The van der Waals surface area contributed by atoms with Gasteiger partial charge in [0.1, 0.15) is 18.0 Å². The smallest absolute Gasteiger partial charge is 0.226 e. The van der Waals surface area contributed by atoms with E-state index in [0.717, 1.165) is 81.9 Å². The second-order valence-electron chi connectivity index (χ2n) is 8.48. The van der Waals surface area contributed by atoms with Gasteiger partial charge in [0.25, 0.3) is 0 Å². The molecule has 0 aliphatic carbocycles. The van der Waals surface area contributed by atoms with Crippen LogP contribution in [0.25, 0.3) is 0 Å². The number of aromatic nitrogens is 2. The average molecular weight is 442 g/mol. The summed E-state index contributed by atoms with van der Waals surface area (Å²) in [5.74, 6) is 2.26. The molecule has 2 saturated heterocycles. The first kappa shape index (κ1) is 20.5. The molecule has 4 heterocycles. The van der Waals surface area contributed by atoms with Gasteiger partial charge in [0.05, 0.1) is 13.2 Å². The number of ether oxygens (including phenoxy) is 1. The Kier molecular flexibility index (Phi) is 5.96. The second kappa shape index (κ2) is 9.01. The number of fused-ring (bicyclic) bond motifs is 1. The lowest BCUT2D eigenvalue weighted by Crippen LogP contribution is -2.44. The zero-order valence-electron chi connectivity index (χ0n) is 17.7. The summed E-state index contributed by atoms with van der Waals surface area (Å²) >= 11 is 6.32. The summed E-state index contributed by atoms with van der Waals surface area (Å²) in [7, 11) is 0. The molecule has 0 saturated carbocycles. The fourth-order valence-electron chi connectivity index (χ4n) is 4.84. The van der Waals surface area contributed by atoms with Gasteiger partial charge in [0, 0.05) is 56.3 Å². The molecule has 0 bridgehead atoms. The number of anilines is 2. The molecule has 0 atom stereocenters. The summed E-state index contributed by atoms with van der Waals surface area (Å²) < 4.78 is 5.44. The van der Waals surface area contributed by atoms with E-state index in [-0.39, 0.29) is 11.8 Å². The van der Waals surface area contributed by atoms with Gasteiger partial charge in [0.2, 0.25) is 5.91 Å². The highest BCUT2D eigenvalue weighted by Gasteiger charge is 2.31. The van der Waals surface area contributed by atoms with Crippen molar-refractivity contribution in [2.45, 2.75) is 25.8 Å². The van der Waals surface area contributed by atoms with Crippen molar-refractivity contribution in [2.75, 3.05) is 55.7 Å². The molecule has 2 aromatic rings. The molecule has 1 aromatic carbocycles. The molecule has 5 rings (SSSR count). The van der Waals surface area contributed by atoms with Crippen molar-refractivity contribution in [3.05, 3.63) is 46.7 Å². The Hall–Kier alpha value is -2.38. The first-order valence-corrected chi connectivity index (χ1v) is 11.5. The third kappa shape index (κ3) is 4.34. The van der Waals surface area contributed by atoms with Gasteiger partial charge in [-0.05, 0) is 36.5 Å². The monoisotopic (exact) mass is 441 g/mol. The summed E-state index contributed by atoms with van der Waals surface area (Å²) in [6, 6.07) is 8.06. The Morgan fingerprint density at radius 1 is 1.00 bits per heavy atom. The molecule has 7 nitrogen and oxygen atoms in total. The molecule has 2 fully saturated rings. The molecule has 31 heavy (non-hydrogen) atoms. The predicted octanol–water partition coefficient (Wildman–Crippen LogP) is 2.77. The van der Waals surface area contributed by atoms with Crippen LogP contribution >= 0.6 is 11.6 Å². The predicted molar refractivity (Wildman–Crippen MR) is 121 cm³/mol. The number of nitrogens with zero attached hydrogens (tertiary/aromatic N) is 5. The van der Waals surface area contributed by atoms with Gasteiger partial charge in [-0.3, -0.25) is 4.79 Å². The lowest BCUT2D eigenvalue weighted by Gasteiger charge is -2.37. The van der Waals surface area contributed by atoms with Crippen molar-refractivity contribution >= 4 is 29.1 Å². The Balaban J connectivity index is 1.19. The third-order valence-electron chi connectivity index (χ3n) is 6.66. The van der Waals surface area contributed by atoms with Crippen molar-refractivity contribution < 1.29 is 9.53 Å². The minimum Gasteiger partial charge on any atom is -0.378 e. The molecule has 0 unspecified atom stereocenters. The molecule has 1 aromatic heterocycles. The summed E-state index contributed by atoms with van der Waals surface area (Å²) in [5, 5.41) is 0.819. The topological polar surface area (TPSA) is 61.8 Å². The maximum absolute atomic E-state index is 13.2. The van der Waals surface area contributed by atoms with Crippen molar-refractivity contribution in [3.63, 3.8) is 0 Å². The minimum absolute atomic E-state index is 0.0811. The number of carbonyl (C=O) groups is 1. The van der Waals surface area contributed by atoms with Gasteiger partial charge >= 0.3 is 0 Å². The second-order valence-corrected chi connectivity index (χ2v) is 8.89. The van der Waals surface area contributed by atoms with E-state index >= 15 is 0 Å². The Morgan fingerprint density at radius 2 is 1.71 bits per heavy atom. The van der Waals surface area contributed by atoms with Crippen molar-refractivity contribution in [1.82, 2.24) is 14.9 Å². The number of carbonyl (C=O) groups excluding carboxylic acids is 1. The van der Waals surface area contributed by atoms with Crippen LogP contribution in [0.2, 0.25) is 5.02 Å². The van der Waals surface area contributed by atoms with Gasteiger partial charge in [0.15, 0.2) is 0 Å². The van der Waals surface area contributed by atoms with Crippen LogP contribution in [0.5, 0.6) is 0 Å². The van der Waals surface area contributed by atoms with E-state index in [2.05, 4.69) is 31.9 Å². The zero-order valence-corrected chi connectivity index (χ0v) is 18.4. The van der Waals surface area contributed by atoms with Crippen molar-refractivity contribution in [1.29, 1.82) is 0 Å². The quantitative estimate of drug-likeness (QED) is 0.729. The van der Waals surface area contributed by atoms with E-state index in [1.807, 2.05) is 17.0 Å². The average Bonchev–Trinajstić information content (AvgIpc) is 2.84. The highest BCUT2D eigenvalue weighted by atomic mass is 35.5. The number of hydrogen-bond acceptors (Lipinski definition) is 6. The van der Waals surface area contributed by atoms with E-state index in [4.69, 9.17) is 16.3 Å². The van der Waals surface area contributed by atoms with E-state index < -0.39 is 0 Å². The number of hydrogen-bond donors (Lipinski definition) is 0. The van der Waals surface area contributed by atoms with E-state index in [1.165, 1.54) is 11.1 Å². The minimum atomic E-state index is 0.0811. The van der Waals surface area contributed by atoms with E-state index in [9.17, 15) is 4.79 Å². The number of rotatable bonds is 3. The van der Waals surface area contributed by atoms with Crippen LogP contribution in [-0.2, 0) is 22.5 Å². The SMILES string of the molecule is O=C(C1CCN(c2cc(N3CCOCC3)ncn2)CC1)N1CCc2c(Cl)cccc2C1. The fourth-order valence-corrected chi connectivity index (χ4v) is 5.13. The normalized spacial score (nSPS) is 20.0. The molecule has 3 aliphatic heterocycles. The van der Waals surface area contributed by atoms with Crippen LogP contribution in [0.3, 0.4) is 0 Å². The van der Waals surface area contributed by atoms with E-state index in [1.54, 1.807) is 6.33 Å². The van der Waals surface area contributed by atoms with Crippen LogP contribution in [-0.4, -0.2) is 66.7 Å². The number of morpholine rings is 1. The first-order chi connectivity index (χ1) is 15.2. The van der Waals surface area contributed by atoms with Gasteiger partial charge in [-0.2, -0.15) is 0 Å². The summed E-state index contributed by atoms with van der Waals surface area (Å²) in [5.41, 5.74) is 2.38. The van der Waals surface area contributed by atoms with Crippen LogP contribution in [0.4, 0.5) is 11.6 Å². The summed E-state index contributed by atoms with van der Waals surface area (Å²) in [4.78, 5) is 28.7. The number of piperidine rings is 1. The molecule has 1 amide bonds. The molecule has 0 spiro atoms. The molecule has 8 heteroatoms. The van der Waals surface area contributed by atoms with Crippen LogP contribution in [0, 0.1) is 5.92 Å². The molecule has 3 aliphatic rings. The molecular formula is C23H28ClN5O2. The van der Waals surface area contributed by atoms with Gasteiger partial charge in [-0.1, -0.05) is 23.7 Å². The van der Waals surface area contributed by atoms with Crippen LogP contribution in [0.1, 0.15) is 24.0 Å². The maximum Gasteiger partial charge on any atom is 0.226 e. The standard InChI is InChI=1S/C23H28ClN5O2/c24-20-3-1-2-18-15-29(9-6-19(18)20)23(30)17-4-7-27(8-5-17)21-14-22(26-16-25-21)28-10-12-31-13-11-28/h1-3,14,16-17H,4-13,15H2. The highest BCUT2D eigenvalue weighted by Crippen LogP contribution is 2.29. The molecule has 0 N–H and O–H groups in total. The molecule has 0 radical (unpaired) electrons. The lowest BCUT2D eigenvalue weighted by molar-refractivity contribution is -0.137.